The number of hydrogen-bond donors (Lipinski definition) is 1. The number of amides is 2. The highest BCUT2D eigenvalue weighted by Crippen LogP contribution is 2.27. The van der Waals surface area contributed by atoms with Gasteiger partial charge in [0.15, 0.2) is 0 Å². The fourth-order valence-electron chi connectivity index (χ4n) is 3.89. The quantitative estimate of drug-likeness (QED) is 0.625. The number of carbonyl (C=O) groups excluding carboxylic acids is 2. The van der Waals surface area contributed by atoms with Gasteiger partial charge in [-0.25, -0.2) is 0 Å². The second kappa shape index (κ2) is 11.5. The normalized spacial score (nSPS) is 15.1. The Labute approximate surface area is 185 Å². The third kappa shape index (κ3) is 6.31. The topological polar surface area (TPSA) is 61.9 Å². The fraction of sp³-hybridized carbons (Fsp3) is 0.440. The zero-order valence-electron chi connectivity index (χ0n) is 18.5. The van der Waals surface area contributed by atoms with Crippen LogP contribution in [0.2, 0.25) is 0 Å². The molecule has 0 saturated carbocycles. The molecular weight excluding hydrogens is 390 g/mol. The van der Waals surface area contributed by atoms with Gasteiger partial charge in [-0.15, -0.1) is 0 Å². The van der Waals surface area contributed by atoms with Gasteiger partial charge in [-0.3, -0.25) is 9.59 Å². The second-order valence-electron chi connectivity index (χ2n) is 7.75. The molecule has 3 rings (SSSR count). The van der Waals surface area contributed by atoms with Gasteiger partial charge in [0, 0.05) is 25.2 Å². The highest BCUT2D eigenvalue weighted by Gasteiger charge is 2.32. The van der Waals surface area contributed by atoms with Crippen molar-refractivity contribution in [2.75, 3.05) is 38.1 Å². The summed E-state index contributed by atoms with van der Waals surface area (Å²) >= 11 is 0. The van der Waals surface area contributed by atoms with Crippen LogP contribution in [0.25, 0.3) is 0 Å². The lowest BCUT2D eigenvalue weighted by atomic mass is 10.0. The Bertz CT molecular complexity index is 835. The van der Waals surface area contributed by atoms with E-state index in [1.807, 2.05) is 54.6 Å². The first-order chi connectivity index (χ1) is 15.1. The summed E-state index contributed by atoms with van der Waals surface area (Å²) in [7, 11) is 0. The molecule has 0 spiro atoms. The average molecular weight is 424 g/mol. The molecule has 166 valence electrons. The lowest BCUT2D eigenvalue weighted by molar-refractivity contribution is -0.141. The summed E-state index contributed by atoms with van der Waals surface area (Å²) in [5.41, 5.74) is 1.51. The highest BCUT2D eigenvalue weighted by atomic mass is 16.5. The molecule has 1 saturated heterocycles. The van der Waals surface area contributed by atoms with E-state index < -0.39 is 6.04 Å². The molecule has 0 bridgehead atoms. The molecule has 31 heavy (non-hydrogen) atoms. The van der Waals surface area contributed by atoms with Crippen molar-refractivity contribution in [3.05, 3.63) is 60.2 Å². The molecule has 1 aliphatic heterocycles. The summed E-state index contributed by atoms with van der Waals surface area (Å²) in [4.78, 5) is 29.8. The first kappa shape index (κ1) is 22.8. The molecule has 1 fully saturated rings. The number of likely N-dealkylation sites (tertiary alicyclic amines) is 1. The first-order valence-electron chi connectivity index (χ1n) is 11.2. The van der Waals surface area contributed by atoms with Gasteiger partial charge in [0.1, 0.15) is 18.4 Å². The van der Waals surface area contributed by atoms with Crippen LogP contribution in [0, 0.1) is 0 Å². The van der Waals surface area contributed by atoms with Gasteiger partial charge >= 0.3 is 0 Å². The Balaban J connectivity index is 1.65. The largest absolute Gasteiger partial charge is 0.492 e. The molecule has 1 heterocycles. The minimum Gasteiger partial charge on any atom is -0.492 e. The number of benzene rings is 2. The minimum absolute atomic E-state index is 0.0344. The Hall–Kier alpha value is -2.86. The Morgan fingerprint density at radius 2 is 1.77 bits per heavy atom. The Kier molecular flexibility index (Phi) is 8.47. The zero-order valence-corrected chi connectivity index (χ0v) is 18.5. The predicted octanol–water partition coefficient (Wildman–Crippen LogP) is 4.10. The van der Waals surface area contributed by atoms with Crippen molar-refractivity contribution in [3.63, 3.8) is 0 Å². The van der Waals surface area contributed by atoms with Crippen LogP contribution in [0.1, 0.15) is 44.7 Å². The van der Waals surface area contributed by atoms with Gasteiger partial charge in [0.05, 0.1) is 0 Å². The number of ether oxygens (including phenoxy) is 1. The van der Waals surface area contributed by atoms with Gasteiger partial charge in [-0.1, -0.05) is 44.2 Å². The van der Waals surface area contributed by atoms with E-state index >= 15 is 0 Å². The van der Waals surface area contributed by atoms with Crippen LogP contribution in [-0.4, -0.2) is 54.4 Å². The van der Waals surface area contributed by atoms with E-state index in [1.165, 1.54) is 0 Å². The lowest BCUT2D eigenvalue weighted by Crippen LogP contribution is -2.43. The molecule has 6 nitrogen and oxygen atoms in total. The first-order valence-corrected chi connectivity index (χ1v) is 11.2. The number of piperidine rings is 1. The summed E-state index contributed by atoms with van der Waals surface area (Å²) in [5.74, 6) is 0.611. The van der Waals surface area contributed by atoms with Crippen LogP contribution in [0.15, 0.2) is 54.6 Å². The van der Waals surface area contributed by atoms with Crippen molar-refractivity contribution in [2.24, 2.45) is 0 Å². The van der Waals surface area contributed by atoms with Crippen molar-refractivity contribution < 1.29 is 14.3 Å². The number of hydrogen-bond acceptors (Lipinski definition) is 4. The smallest absolute Gasteiger partial charge is 0.251 e. The molecule has 1 unspecified atom stereocenters. The standard InChI is InChI=1S/C25H33N3O3/c1-3-27(4-2)18-19-31-22-15-13-21(14-16-22)26-25(30)24(20-10-6-5-7-11-20)28-17-9-8-12-23(28)29/h5-7,10-11,13-16,24H,3-4,8-9,12,17-19H2,1-2H3,(H,26,30). The van der Waals surface area contributed by atoms with Crippen LogP contribution >= 0.6 is 0 Å². The highest BCUT2D eigenvalue weighted by molar-refractivity contribution is 5.98. The van der Waals surface area contributed by atoms with E-state index in [2.05, 4.69) is 24.1 Å². The van der Waals surface area contributed by atoms with Gasteiger partial charge < -0.3 is 19.9 Å². The monoisotopic (exact) mass is 423 g/mol. The molecule has 6 heteroatoms. The fourth-order valence-corrected chi connectivity index (χ4v) is 3.89. The van der Waals surface area contributed by atoms with E-state index in [1.54, 1.807) is 4.90 Å². The Morgan fingerprint density at radius 1 is 1.06 bits per heavy atom. The predicted molar refractivity (Wildman–Crippen MR) is 123 cm³/mol. The molecule has 2 aromatic carbocycles. The van der Waals surface area contributed by atoms with E-state index in [0.717, 1.165) is 43.8 Å². The molecule has 0 aliphatic carbocycles. The average Bonchev–Trinajstić information content (AvgIpc) is 2.80. The molecule has 1 aliphatic rings. The summed E-state index contributed by atoms with van der Waals surface area (Å²) < 4.78 is 5.82. The zero-order chi connectivity index (χ0) is 22.1. The molecule has 0 radical (unpaired) electrons. The number of rotatable bonds is 10. The van der Waals surface area contributed by atoms with Crippen molar-refractivity contribution in [1.29, 1.82) is 0 Å². The van der Waals surface area contributed by atoms with Crippen molar-refractivity contribution in [3.8, 4) is 5.75 Å². The summed E-state index contributed by atoms with van der Waals surface area (Å²) in [5, 5.41) is 2.98. The molecule has 2 aromatic rings. The van der Waals surface area contributed by atoms with Crippen LogP contribution in [0.4, 0.5) is 5.69 Å². The van der Waals surface area contributed by atoms with Gasteiger partial charge in [-0.2, -0.15) is 0 Å². The van der Waals surface area contributed by atoms with Gasteiger partial charge in [-0.05, 0) is 55.8 Å². The Morgan fingerprint density at radius 3 is 2.42 bits per heavy atom. The molecule has 1 N–H and O–H groups in total. The maximum Gasteiger partial charge on any atom is 0.251 e. The lowest BCUT2D eigenvalue weighted by Gasteiger charge is -2.34. The maximum absolute atomic E-state index is 13.2. The second-order valence-corrected chi connectivity index (χ2v) is 7.75. The van der Waals surface area contributed by atoms with Crippen LogP contribution < -0.4 is 10.1 Å². The number of likely N-dealkylation sites (N-methyl/N-ethyl adjacent to an activating group) is 1. The van der Waals surface area contributed by atoms with Crippen molar-refractivity contribution in [1.82, 2.24) is 9.80 Å². The van der Waals surface area contributed by atoms with E-state index in [4.69, 9.17) is 4.74 Å². The third-order valence-electron chi connectivity index (χ3n) is 5.73. The molecule has 2 amide bonds. The third-order valence-corrected chi connectivity index (χ3v) is 5.73. The van der Waals surface area contributed by atoms with Crippen LogP contribution in [0.3, 0.4) is 0 Å². The molecule has 0 aromatic heterocycles. The SMILES string of the molecule is CCN(CC)CCOc1ccc(NC(=O)C(c2ccccc2)N2CCCCC2=O)cc1. The molecule has 1 atom stereocenters. The van der Waals surface area contributed by atoms with Crippen LogP contribution in [-0.2, 0) is 9.59 Å². The maximum atomic E-state index is 13.2. The summed E-state index contributed by atoms with van der Waals surface area (Å²) in [6, 6.07) is 16.3. The summed E-state index contributed by atoms with van der Waals surface area (Å²) in [6.07, 6.45) is 2.30. The number of nitrogens with one attached hydrogen (secondary N) is 1. The van der Waals surface area contributed by atoms with Crippen LogP contribution in [0.5, 0.6) is 5.75 Å². The van der Waals surface area contributed by atoms with Crippen molar-refractivity contribution >= 4 is 17.5 Å². The summed E-state index contributed by atoms with van der Waals surface area (Å²) in [6.45, 7) is 8.40. The van der Waals surface area contributed by atoms with Crippen molar-refractivity contribution in [2.45, 2.75) is 39.2 Å². The van der Waals surface area contributed by atoms with E-state index in [9.17, 15) is 9.59 Å². The minimum atomic E-state index is -0.626. The van der Waals surface area contributed by atoms with Gasteiger partial charge in [0.25, 0.3) is 5.91 Å². The van der Waals surface area contributed by atoms with E-state index in [-0.39, 0.29) is 11.8 Å². The van der Waals surface area contributed by atoms with E-state index in [0.29, 0.717) is 25.3 Å². The number of nitrogens with zero attached hydrogens (tertiary/aromatic N) is 2. The van der Waals surface area contributed by atoms with Gasteiger partial charge in [0.2, 0.25) is 5.91 Å². The number of carbonyl (C=O) groups is 2. The molecular formula is C25H33N3O3. The number of anilines is 1.